The molecule has 0 saturated heterocycles. The van der Waals surface area contributed by atoms with Crippen molar-refractivity contribution in [1.29, 1.82) is 0 Å². The summed E-state index contributed by atoms with van der Waals surface area (Å²) in [4.78, 5) is 68.3. The van der Waals surface area contributed by atoms with Gasteiger partial charge in [0.1, 0.15) is 28.5 Å². The van der Waals surface area contributed by atoms with Crippen LogP contribution < -0.4 is 16.0 Å². The van der Waals surface area contributed by atoms with Crippen LogP contribution in [0.1, 0.15) is 108 Å². The normalized spacial score (nSPS) is 21.8. The summed E-state index contributed by atoms with van der Waals surface area (Å²) in [6.45, 7) is 9.02. The zero-order valence-electron chi connectivity index (χ0n) is 25.2. The lowest BCUT2D eigenvalue weighted by atomic mass is 10.0. The molecule has 0 spiro atoms. The van der Waals surface area contributed by atoms with Gasteiger partial charge in [0.05, 0.1) is 12.5 Å². The van der Waals surface area contributed by atoms with Crippen LogP contribution in [0.4, 0.5) is 0 Å². The Bertz CT molecular complexity index is 1150. The molecule has 2 rings (SSSR count). The Balaban J connectivity index is 2.14. The van der Waals surface area contributed by atoms with Gasteiger partial charge in [0.15, 0.2) is 5.12 Å². The zero-order chi connectivity index (χ0) is 31.1. The fourth-order valence-corrected chi connectivity index (χ4v) is 5.68. The highest BCUT2D eigenvalue weighted by Gasteiger charge is 2.30. The number of unbranched alkanes of at least 4 members (excludes halogenated alkanes) is 4. The number of aromatic nitrogens is 1. The number of carbonyl (C=O) groups excluding carboxylic acids is 5. The van der Waals surface area contributed by atoms with E-state index in [0.29, 0.717) is 23.6 Å². The fourth-order valence-electron chi connectivity index (χ4n) is 4.10. The van der Waals surface area contributed by atoms with Crippen LogP contribution in [0.25, 0.3) is 0 Å². The van der Waals surface area contributed by atoms with E-state index in [-0.39, 0.29) is 34.8 Å². The molecule has 2 heterocycles. The molecule has 2 bridgehead atoms. The maximum absolute atomic E-state index is 13.2. The van der Waals surface area contributed by atoms with E-state index in [4.69, 9.17) is 4.74 Å². The van der Waals surface area contributed by atoms with Crippen LogP contribution in [0.2, 0.25) is 0 Å². The fraction of sp³-hybridized carbons (Fsp3) is 0.600. The highest BCUT2D eigenvalue weighted by Crippen LogP contribution is 2.20. The van der Waals surface area contributed by atoms with Crippen molar-refractivity contribution in [2.75, 3.05) is 5.75 Å². The van der Waals surface area contributed by atoms with Crippen LogP contribution in [0.3, 0.4) is 0 Å². The van der Waals surface area contributed by atoms with E-state index in [9.17, 15) is 24.0 Å². The molecule has 3 N–H and O–H groups in total. The average molecular weight is 621 g/mol. The van der Waals surface area contributed by atoms with Gasteiger partial charge in [-0.05, 0) is 38.7 Å². The number of thioether (sulfide) groups is 1. The quantitative estimate of drug-likeness (QED) is 0.136. The molecule has 0 saturated carbocycles. The molecule has 1 aromatic heterocycles. The summed E-state index contributed by atoms with van der Waals surface area (Å²) >= 11 is 2.50. The van der Waals surface area contributed by atoms with Crippen molar-refractivity contribution in [2.24, 2.45) is 5.92 Å². The largest absolute Gasteiger partial charge is 0.456 e. The molecule has 12 heteroatoms. The van der Waals surface area contributed by atoms with Crippen molar-refractivity contribution >= 4 is 51.9 Å². The third-order valence-electron chi connectivity index (χ3n) is 6.53. The number of carbonyl (C=O) groups is 5. The first-order chi connectivity index (χ1) is 20.0. The Morgan fingerprint density at radius 2 is 1.88 bits per heavy atom. The number of cyclic esters (lactones) is 1. The lowest BCUT2D eigenvalue weighted by Crippen LogP contribution is -2.48. The maximum Gasteiger partial charge on any atom is 0.329 e. The Morgan fingerprint density at radius 3 is 2.57 bits per heavy atom. The third-order valence-corrected chi connectivity index (χ3v) is 8.52. The first-order valence-electron chi connectivity index (χ1n) is 14.6. The van der Waals surface area contributed by atoms with Crippen LogP contribution in [0.5, 0.6) is 0 Å². The van der Waals surface area contributed by atoms with Gasteiger partial charge in [0.25, 0.3) is 11.8 Å². The Hall–Kier alpha value is -2.99. The Kier molecular flexibility index (Phi) is 15.5. The van der Waals surface area contributed by atoms with Crippen LogP contribution in [-0.4, -0.2) is 51.7 Å². The highest BCUT2D eigenvalue weighted by atomic mass is 32.2. The molecule has 42 heavy (non-hydrogen) atoms. The van der Waals surface area contributed by atoms with Crippen molar-refractivity contribution in [3.63, 3.8) is 0 Å². The molecule has 1 aliphatic heterocycles. The summed E-state index contributed by atoms with van der Waals surface area (Å²) in [5.74, 6) is -2.03. The van der Waals surface area contributed by atoms with Gasteiger partial charge in [0.2, 0.25) is 5.91 Å². The van der Waals surface area contributed by atoms with Crippen LogP contribution in [0, 0.1) is 5.92 Å². The second-order valence-electron chi connectivity index (χ2n) is 10.5. The number of hydrogen-bond donors (Lipinski definition) is 3. The van der Waals surface area contributed by atoms with Gasteiger partial charge in [-0.2, -0.15) is 0 Å². The molecule has 3 atom stereocenters. The van der Waals surface area contributed by atoms with Gasteiger partial charge in [-0.1, -0.05) is 70.4 Å². The topological polar surface area (TPSA) is 144 Å². The number of thiazole rings is 1. The minimum absolute atomic E-state index is 0.0223. The molecule has 3 amide bonds. The number of allylic oxidation sites excluding steroid dienone is 2. The van der Waals surface area contributed by atoms with Crippen molar-refractivity contribution in [3.05, 3.63) is 40.0 Å². The maximum atomic E-state index is 13.2. The number of amides is 3. The van der Waals surface area contributed by atoms with Crippen molar-refractivity contribution in [2.45, 2.75) is 104 Å². The van der Waals surface area contributed by atoms with Gasteiger partial charge >= 0.3 is 5.97 Å². The molecule has 0 radical (unpaired) electrons. The van der Waals surface area contributed by atoms with Gasteiger partial charge in [-0.25, -0.2) is 9.78 Å². The smallest absolute Gasteiger partial charge is 0.329 e. The minimum Gasteiger partial charge on any atom is -0.456 e. The molecule has 0 aromatic carbocycles. The number of hydrogen-bond acceptors (Lipinski definition) is 9. The van der Waals surface area contributed by atoms with Crippen LogP contribution in [0.15, 0.2) is 29.3 Å². The monoisotopic (exact) mass is 620 g/mol. The highest BCUT2D eigenvalue weighted by molar-refractivity contribution is 8.13. The SMILES string of the molecule is C/C=C1\NC(=O)c2csc(n2)[C@H](C)NC(=O)C[C@@H](/C=C/CCSC(=O)CCCCCCC)OC(=O)C(C(C)C)NC1=O. The van der Waals surface area contributed by atoms with E-state index >= 15 is 0 Å². The number of esters is 1. The van der Waals surface area contributed by atoms with Crippen molar-refractivity contribution < 1.29 is 28.7 Å². The van der Waals surface area contributed by atoms with E-state index < -0.39 is 36.0 Å². The van der Waals surface area contributed by atoms with Gasteiger partial charge in [-0.3, -0.25) is 19.2 Å². The number of ether oxygens (including phenoxy) is 1. The lowest BCUT2D eigenvalue weighted by Gasteiger charge is -2.24. The summed E-state index contributed by atoms with van der Waals surface area (Å²) in [5, 5.41) is 10.3. The molecule has 232 valence electrons. The van der Waals surface area contributed by atoms with Crippen LogP contribution >= 0.6 is 23.1 Å². The summed E-state index contributed by atoms with van der Waals surface area (Å²) in [6, 6.07) is -1.51. The predicted molar refractivity (Wildman–Crippen MR) is 166 cm³/mol. The van der Waals surface area contributed by atoms with E-state index in [0.717, 1.165) is 19.3 Å². The minimum atomic E-state index is -1.02. The van der Waals surface area contributed by atoms with Crippen molar-refractivity contribution in [3.8, 4) is 0 Å². The first-order valence-corrected chi connectivity index (χ1v) is 16.5. The van der Waals surface area contributed by atoms with E-state index in [1.165, 1.54) is 42.0 Å². The molecule has 1 aliphatic rings. The molecular formula is C30H44N4O6S2. The van der Waals surface area contributed by atoms with E-state index in [1.54, 1.807) is 45.2 Å². The lowest BCUT2D eigenvalue weighted by molar-refractivity contribution is -0.153. The van der Waals surface area contributed by atoms with E-state index in [1.807, 2.05) is 0 Å². The summed E-state index contributed by atoms with van der Waals surface area (Å²) in [6.07, 6.45) is 10.5. The summed E-state index contributed by atoms with van der Waals surface area (Å²) in [7, 11) is 0. The van der Waals surface area contributed by atoms with Gasteiger partial charge in [-0.15, -0.1) is 11.3 Å². The molecule has 10 nitrogen and oxygen atoms in total. The number of rotatable bonds is 11. The Labute approximate surface area is 256 Å². The number of nitrogens with one attached hydrogen (secondary N) is 3. The third kappa shape index (κ3) is 12.1. The molecule has 0 aliphatic carbocycles. The predicted octanol–water partition coefficient (Wildman–Crippen LogP) is 4.98. The Morgan fingerprint density at radius 1 is 1.14 bits per heavy atom. The van der Waals surface area contributed by atoms with Crippen molar-refractivity contribution in [1.82, 2.24) is 20.9 Å². The second-order valence-corrected chi connectivity index (χ2v) is 12.5. The molecule has 1 aromatic rings. The average Bonchev–Trinajstić information content (AvgIpc) is 3.44. The zero-order valence-corrected chi connectivity index (χ0v) is 26.8. The molecule has 1 unspecified atom stereocenters. The number of fused-ring (bicyclic) bond motifs is 2. The summed E-state index contributed by atoms with van der Waals surface area (Å²) in [5.41, 5.74) is 0.0923. The van der Waals surface area contributed by atoms with Gasteiger partial charge in [0, 0.05) is 17.6 Å². The van der Waals surface area contributed by atoms with Gasteiger partial charge < -0.3 is 20.7 Å². The standard InChI is InChI=1S/C30H44N4O6S2/c1-6-8-9-10-11-15-25(36)41-16-13-12-14-21-17-24(35)31-20(5)29-33-23(18-42-29)28(38)32-22(7-2)27(37)34-26(19(3)4)30(39)40-21/h7,12,14,18-21,26H,6,8-11,13,15-17H2,1-5H3,(H,31,35)(H,32,38)(H,34,37)/b14-12+,22-7-/t20-,21+,26?/m0/s1. The van der Waals surface area contributed by atoms with Crippen LogP contribution in [-0.2, 0) is 23.9 Å². The van der Waals surface area contributed by atoms with E-state index in [2.05, 4.69) is 27.9 Å². The molecule has 0 fully saturated rings. The first kappa shape index (κ1) is 35.2. The molecular weight excluding hydrogens is 576 g/mol. The number of nitrogens with zero attached hydrogens (tertiary/aromatic N) is 1. The summed E-state index contributed by atoms with van der Waals surface area (Å²) < 4.78 is 5.72. The second kappa shape index (κ2) is 18.5.